The Hall–Kier alpha value is -2.86. The van der Waals surface area contributed by atoms with Crippen LogP contribution in [-0.4, -0.2) is 20.5 Å². The Morgan fingerprint density at radius 1 is 1.24 bits per heavy atom. The Bertz CT molecular complexity index is 968. The number of carbonyl (C=O) groups excluding carboxylic acids is 1. The van der Waals surface area contributed by atoms with Crippen molar-refractivity contribution < 1.29 is 9.53 Å². The molecule has 0 saturated carbocycles. The summed E-state index contributed by atoms with van der Waals surface area (Å²) in [4.78, 5) is 21.5. The van der Waals surface area contributed by atoms with Crippen molar-refractivity contribution in [1.29, 1.82) is 0 Å². The second-order valence-electron chi connectivity index (χ2n) is 5.79. The van der Waals surface area contributed by atoms with E-state index >= 15 is 0 Å². The van der Waals surface area contributed by atoms with Gasteiger partial charge in [0, 0.05) is 11.1 Å². The second kappa shape index (κ2) is 6.57. The number of para-hydroxylation sites is 2. The molecule has 0 amide bonds. The first kappa shape index (κ1) is 15.7. The first-order valence-corrected chi connectivity index (χ1v) is 8.92. The molecule has 1 atom stereocenters. The van der Waals surface area contributed by atoms with Gasteiger partial charge in [0.2, 0.25) is 0 Å². The number of hydrogen-bond donors (Lipinski definition) is 1. The van der Waals surface area contributed by atoms with E-state index in [0.717, 1.165) is 11.0 Å². The Morgan fingerprint density at radius 3 is 2.92 bits per heavy atom. The third-order valence-corrected chi connectivity index (χ3v) is 4.88. The van der Waals surface area contributed by atoms with E-state index in [-0.39, 0.29) is 5.97 Å². The molecule has 0 fully saturated rings. The number of hydrogen-bond acceptors (Lipinski definition) is 4. The maximum Gasteiger partial charge on any atom is 0.355 e. The molecule has 0 aliphatic carbocycles. The van der Waals surface area contributed by atoms with Crippen LogP contribution in [0.3, 0.4) is 0 Å². The number of ether oxygens (including phenoxy) is 1. The molecule has 4 aromatic rings. The number of rotatable bonds is 5. The molecular formula is C19H17N3O2S. The number of aromatic amines is 1. The van der Waals surface area contributed by atoms with Crippen LogP contribution in [0.4, 0.5) is 0 Å². The lowest BCUT2D eigenvalue weighted by Crippen LogP contribution is -2.15. The van der Waals surface area contributed by atoms with E-state index in [4.69, 9.17) is 4.74 Å². The molecule has 0 radical (unpaired) electrons. The van der Waals surface area contributed by atoms with Gasteiger partial charge < -0.3 is 14.3 Å². The van der Waals surface area contributed by atoms with Crippen LogP contribution in [0.25, 0.3) is 11.0 Å². The fraction of sp³-hybridized carbons (Fsp3) is 0.158. The lowest BCUT2D eigenvalue weighted by Gasteiger charge is -2.12. The van der Waals surface area contributed by atoms with Crippen molar-refractivity contribution >= 4 is 28.3 Å². The Balaban J connectivity index is 1.51. The summed E-state index contributed by atoms with van der Waals surface area (Å²) in [5, 5.41) is 2.03. The van der Waals surface area contributed by atoms with Gasteiger partial charge in [-0.1, -0.05) is 18.2 Å². The van der Waals surface area contributed by atoms with E-state index in [0.29, 0.717) is 18.1 Å². The first-order valence-electron chi connectivity index (χ1n) is 8.04. The number of nitrogens with one attached hydrogen (secondary N) is 1. The summed E-state index contributed by atoms with van der Waals surface area (Å²) in [5.74, 6) is 0.292. The van der Waals surface area contributed by atoms with Crippen molar-refractivity contribution in [2.45, 2.75) is 19.6 Å². The molecule has 0 aliphatic rings. The number of H-pyrrole nitrogens is 1. The lowest BCUT2D eigenvalue weighted by molar-refractivity contribution is 0.0310. The molecule has 0 spiro atoms. The average molecular weight is 351 g/mol. The second-order valence-corrected chi connectivity index (χ2v) is 6.82. The molecule has 3 aromatic heterocycles. The molecule has 25 heavy (non-hydrogen) atoms. The van der Waals surface area contributed by atoms with E-state index in [1.165, 1.54) is 4.88 Å². The predicted octanol–water partition coefficient (Wildman–Crippen LogP) is 4.39. The number of aromatic nitrogens is 3. The quantitative estimate of drug-likeness (QED) is 0.542. The zero-order valence-corrected chi connectivity index (χ0v) is 14.5. The molecule has 1 aromatic carbocycles. The minimum atomic E-state index is -0.454. The Kier molecular flexibility index (Phi) is 4.11. The maximum absolute atomic E-state index is 12.6. The minimum absolute atomic E-state index is 0.352. The van der Waals surface area contributed by atoms with Crippen molar-refractivity contribution in [2.24, 2.45) is 0 Å². The SMILES string of the molecule is C[C@@H](OC(=O)c1cccn1Cc1cccs1)c1nc2ccccc2[nH]1. The van der Waals surface area contributed by atoms with Crippen LogP contribution >= 0.6 is 11.3 Å². The molecule has 126 valence electrons. The highest BCUT2D eigenvalue weighted by Crippen LogP contribution is 2.20. The summed E-state index contributed by atoms with van der Waals surface area (Å²) in [6, 6.07) is 15.4. The summed E-state index contributed by atoms with van der Waals surface area (Å²) in [7, 11) is 0. The third kappa shape index (κ3) is 3.21. The molecule has 6 heteroatoms. The van der Waals surface area contributed by atoms with E-state index in [1.807, 2.05) is 59.5 Å². The molecule has 0 saturated heterocycles. The summed E-state index contributed by atoms with van der Waals surface area (Å²) < 4.78 is 7.52. The highest BCUT2D eigenvalue weighted by Gasteiger charge is 2.19. The van der Waals surface area contributed by atoms with Crippen LogP contribution in [0.5, 0.6) is 0 Å². The van der Waals surface area contributed by atoms with Crippen LogP contribution in [0.1, 0.15) is 34.2 Å². The van der Waals surface area contributed by atoms with Crippen molar-refractivity contribution in [3.05, 3.63) is 76.5 Å². The van der Waals surface area contributed by atoms with Crippen LogP contribution in [0.2, 0.25) is 0 Å². The number of nitrogens with zero attached hydrogens (tertiary/aromatic N) is 2. The molecule has 1 N–H and O–H groups in total. The van der Waals surface area contributed by atoms with Gasteiger partial charge in [0.1, 0.15) is 11.5 Å². The molecule has 0 bridgehead atoms. The van der Waals surface area contributed by atoms with Crippen molar-refractivity contribution in [3.8, 4) is 0 Å². The van der Waals surface area contributed by atoms with Gasteiger partial charge in [-0.15, -0.1) is 11.3 Å². The number of fused-ring (bicyclic) bond motifs is 1. The topological polar surface area (TPSA) is 59.9 Å². The number of esters is 1. The number of carbonyl (C=O) groups is 1. The molecule has 5 nitrogen and oxygen atoms in total. The zero-order valence-electron chi connectivity index (χ0n) is 13.7. The summed E-state index contributed by atoms with van der Waals surface area (Å²) in [6.07, 6.45) is 1.44. The predicted molar refractivity (Wildman–Crippen MR) is 97.8 cm³/mol. The van der Waals surface area contributed by atoms with Crippen molar-refractivity contribution in [1.82, 2.24) is 14.5 Å². The highest BCUT2D eigenvalue weighted by atomic mass is 32.1. The first-order chi connectivity index (χ1) is 12.2. The van der Waals surface area contributed by atoms with Gasteiger partial charge in [-0.3, -0.25) is 0 Å². The van der Waals surface area contributed by atoms with Crippen LogP contribution in [-0.2, 0) is 11.3 Å². The monoisotopic (exact) mass is 351 g/mol. The Labute approximate surface area is 148 Å². The number of benzene rings is 1. The maximum atomic E-state index is 12.6. The fourth-order valence-corrected chi connectivity index (χ4v) is 3.45. The smallest absolute Gasteiger partial charge is 0.355 e. The molecule has 0 unspecified atom stereocenters. The van der Waals surface area contributed by atoms with Crippen LogP contribution < -0.4 is 0 Å². The number of imidazole rings is 1. The van der Waals surface area contributed by atoms with Gasteiger partial charge in [0.15, 0.2) is 6.10 Å². The normalized spacial score (nSPS) is 12.4. The van der Waals surface area contributed by atoms with E-state index in [9.17, 15) is 4.79 Å². The van der Waals surface area contributed by atoms with Crippen LogP contribution in [0.15, 0.2) is 60.1 Å². The van der Waals surface area contributed by atoms with Gasteiger partial charge in [0.05, 0.1) is 17.6 Å². The summed E-state index contributed by atoms with van der Waals surface area (Å²) in [5.41, 5.74) is 2.33. The Morgan fingerprint density at radius 2 is 2.12 bits per heavy atom. The molecule has 3 heterocycles. The zero-order chi connectivity index (χ0) is 17.2. The van der Waals surface area contributed by atoms with E-state index in [1.54, 1.807) is 17.4 Å². The molecular weight excluding hydrogens is 334 g/mol. The van der Waals surface area contributed by atoms with E-state index in [2.05, 4.69) is 16.0 Å². The molecule has 4 rings (SSSR count). The van der Waals surface area contributed by atoms with E-state index < -0.39 is 6.10 Å². The van der Waals surface area contributed by atoms with Crippen molar-refractivity contribution in [3.63, 3.8) is 0 Å². The van der Waals surface area contributed by atoms with Gasteiger partial charge in [-0.05, 0) is 42.6 Å². The largest absolute Gasteiger partial charge is 0.450 e. The lowest BCUT2D eigenvalue weighted by atomic mass is 10.3. The third-order valence-electron chi connectivity index (χ3n) is 4.02. The van der Waals surface area contributed by atoms with Crippen LogP contribution in [0, 0.1) is 0 Å². The van der Waals surface area contributed by atoms with Gasteiger partial charge >= 0.3 is 5.97 Å². The average Bonchev–Trinajstić information content (AvgIpc) is 3.35. The fourth-order valence-electron chi connectivity index (χ4n) is 2.75. The van der Waals surface area contributed by atoms with Gasteiger partial charge in [-0.25, -0.2) is 9.78 Å². The highest BCUT2D eigenvalue weighted by molar-refractivity contribution is 7.09. The standard InChI is InChI=1S/C19H17N3O2S/c1-13(18-20-15-7-2-3-8-16(15)21-18)24-19(23)17-9-4-10-22(17)12-14-6-5-11-25-14/h2-11,13H,12H2,1H3,(H,20,21)/t13-/m1/s1. The van der Waals surface area contributed by atoms with Gasteiger partial charge in [-0.2, -0.15) is 0 Å². The van der Waals surface area contributed by atoms with Gasteiger partial charge in [0.25, 0.3) is 0 Å². The minimum Gasteiger partial charge on any atom is -0.450 e. The molecule has 0 aliphatic heterocycles. The van der Waals surface area contributed by atoms with Crippen molar-refractivity contribution in [2.75, 3.05) is 0 Å². The summed E-state index contributed by atoms with van der Waals surface area (Å²) in [6.45, 7) is 2.48. The summed E-state index contributed by atoms with van der Waals surface area (Å²) >= 11 is 1.67. The number of thiophene rings is 1.